The van der Waals surface area contributed by atoms with E-state index >= 15 is 0 Å². The van der Waals surface area contributed by atoms with Crippen LogP contribution in [-0.2, 0) is 18.3 Å². The zero-order valence-corrected chi connectivity index (χ0v) is 19.8. The van der Waals surface area contributed by atoms with Crippen LogP contribution in [0.4, 0.5) is 18.9 Å². The van der Waals surface area contributed by atoms with Gasteiger partial charge in [0.2, 0.25) is 5.91 Å². The molecule has 166 valence electrons. The van der Waals surface area contributed by atoms with Crippen molar-refractivity contribution in [3.63, 3.8) is 0 Å². The third-order valence-electron chi connectivity index (χ3n) is 4.50. The molecule has 7 nitrogen and oxygen atoms in total. The Morgan fingerprint density at radius 1 is 1.23 bits per heavy atom. The van der Waals surface area contributed by atoms with E-state index in [0.29, 0.717) is 12.4 Å². The number of aromatic nitrogens is 2. The molecule has 1 atom stereocenters. The monoisotopic (exact) mass is 538 g/mol. The smallest absolute Gasteiger partial charge is 0.243 e. The number of nitrogens with one attached hydrogen (secondary N) is 3. The maximum atomic E-state index is 13.6. The highest BCUT2D eigenvalue weighted by Crippen LogP contribution is 2.19. The van der Waals surface area contributed by atoms with E-state index in [1.807, 2.05) is 32.5 Å². The van der Waals surface area contributed by atoms with Crippen molar-refractivity contribution >= 4 is 41.5 Å². The molecule has 0 radical (unpaired) electrons. The minimum atomic E-state index is -1.64. The molecular weight excluding hydrogens is 512 g/mol. The van der Waals surface area contributed by atoms with Crippen LogP contribution in [0, 0.1) is 31.3 Å². The second kappa shape index (κ2) is 11.2. The number of halogens is 4. The predicted octanol–water partition coefficient (Wildman–Crippen LogP) is 2.81. The summed E-state index contributed by atoms with van der Waals surface area (Å²) >= 11 is 0. The Labute approximate surface area is 190 Å². The summed E-state index contributed by atoms with van der Waals surface area (Å²) < 4.78 is 41.7. The number of carbonyl (C=O) groups excluding carboxylic acids is 1. The fourth-order valence-electron chi connectivity index (χ4n) is 2.88. The normalized spacial score (nSPS) is 12.2. The van der Waals surface area contributed by atoms with Crippen LogP contribution in [0.5, 0.6) is 0 Å². The fraction of sp³-hybridized carbons (Fsp3) is 0.421. The average molecular weight is 538 g/mol. The topological polar surface area (TPSA) is 83.3 Å². The van der Waals surface area contributed by atoms with E-state index in [1.165, 1.54) is 0 Å². The lowest BCUT2D eigenvalue weighted by atomic mass is 10.1. The summed E-state index contributed by atoms with van der Waals surface area (Å²) in [5.74, 6) is -4.67. The Morgan fingerprint density at radius 3 is 2.47 bits per heavy atom. The molecule has 0 bridgehead atoms. The minimum Gasteiger partial charge on any atom is -0.354 e. The van der Waals surface area contributed by atoms with Crippen LogP contribution < -0.4 is 16.0 Å². The molecular formula is C19H26F3IN6O. The third-order valence-corrected chi connectivity index (χ3v) is 4.50. The van der Waals surface area contributed by atoms with Gasteiger partial charge in [-0.25, -0.2) is 13.2 Å². The van der Waals surface area contributed by atoms with Crippen LogP contribution in [0.25, 0.3) is 0 Å². The molecule has 0 spiro atoms. The van der Waals surface area contributed by atoms with Crippen molar-refractivity contribution in [2.24, 2.45) is 12.0 Å². The highest BCUT2D eigenvalue weighted by molar-refractivity contribution is 14.0. The molecule has 2 aromatic rings. The first-order valence-electron chi connectivity index (χ1n) is 9.03. The van der Waals surface area contributed by atoms with Crippen molar-refractivity contribution in [3.8, 4) is 0 Å². The summed E-state index contributed by atoms with van der Waals surface area (Å²) in [7, 11) is 3.44. The number of anilines is 1. The number of amides is 1. The van der Waals surface area contributed by atoms with Crippen LogP contribution in [0.3, 0.4) is 0 Å². The number of guanidine groups is 1. The molecule has 0 fully saturated rings. The van der Waals surface area contributed by atoms with Gasteiger partial charge in [0.25, 0.3) is 0 Å². The molecule has 1 aromatic heterocycles. The van der Waals surface area contributed by atoms with Crippen LogP contribution in [0.1, 0.15) is 23.9 Å². The number of carbonyl (C=O) groups is 1. The van der Waals surface area contributed by atoms with Crippen molar-refractivity contribution in [1.82, 2.24) is 20.4 Å². The molecule has 0 saturated heterocycles. The Morgan fingerprint density at radius 2 is 1.90 bits per heavy atom. The number of nitrogens with zero attached hydrogens (tertiary/aromatic N) is 3. The standard InChI is InChI=1S/C19H25F3N6O.HI/c1-10(8-13-11(2)27-28(5)12(13)3)25-19(23-4)24-9-16(29)26-15-7-6-14(20)17(21)18(15)22;/h6-7,10H,8-9H2,1-5H3,(H,26,29)(H2,23,24,25);1H. The number of hydrogen-bond donors (Lipinski definition) is 3. The summed E-state index contributed by atoms with van der Waals surface area (Å²) in [4.78, 5) is 16.1. The molecule has 0 aliphatic heterocycles. The molecule has 3 N–H and O–H groups in total. The van der Waals surface area contributed by atoms with E-state index in [4.69, 9.17) is 0 Å². The first kappa shape index (κ1) is 25.7. The lowest BCUT2D eigenvalue weighted by Gasteiger charge is -2.18. The SMILES string of the molecule is CN=C(NCC(=O)Nc1ccc(F)c(F)c1F)NC(C)Cc1c(C)nn(C)c1C.I. The van der Waals surface area contributed by atoms with E-state index in [-0.39, 0.29) is 36.6 Å². The quantitative estimate of drug-likeness (QED) is 0.229. The summed E-state index contributed by atoms with van der Waals surface area (Å²) in [5, 5.41) is 12.5. The molecule has 1 unspecified atom stereocenters. The molecule has 0 aliphatic carbocycles. The van der Waals surface area contributed by atoms with E-state index < -0.39 is 29.0 Å². The van der Waals surface area contributed by atoms with Gasteiger partial charge in [-0.2, -0.15) is 5.10 Å². The molecule has 1 amide bonds. The number of aliphatic imine (C=N–C) groups is 1. The van der Waals surface area contributed by atoms with Crippen molar-refractivity contribution in [2.45, 2.75) is 33.2 Å². The zero-order valence-electron chi connectivity index (χ0n) is 17.4. The van der Waals surface area contributed by atoms with Gasteiger partial charge in [0.15, 0.2) is 23.4 Å². The van der Waals surface area contributed by atoms with Crippen molar-refractivity contribution in [2.75, 3.05) is 18.9 Å². The van der Waals surface area contributed by atoms with Gasteiger partial charge in [0.1, 0.15) is 0 Å². The lowest BCUT2D eigenvalue weighted by molar-refractivity contribution is -0.115. The highest BCUT2D eigenvalue weighted by Gasteiger charge is 2.16. The molecule has 30 heavy (non-hydrogen) atoms. The Bertz CT molecular complexity index is 931. The maximum absolute atomic E-state index is 13.6. The van der Waals surface area contributed by atoms with Gasteiger partial charge in [0, 0.05) is 25.8 Å². The maximum Gasteiger partial charge on any atom is 0.243 e. The van der Waals surface area contributed by atoms with Crippen molar-refractivity contribution < 1.29 is 18.0 Å². The van der Waals surface area contributed by atoms with Gasteiger partial charge < -0.3 is 16.0 Å². The van der Waals surface area contributed by atoms with E-state index in [0.717, 1.165) is 29.1 Å². The van der Waals surface area contributed by atoms with E-state index in [9.17, 15) is 18.0 Å². The summed E-state index contributed by atoms with van der Waals surface area (Å²) in [6.07, 6.45) is 0.707. The van der Waals surface area contributed by atoms with Crippen LogP contribution >= 0.6 is 24.0 Å². The number of aryl methyl sites for hydroxylation is 2. The first-order chi connectivity index (χ1) is 13.6. The Balaban J connectivity index is 0.00000450. The summed E-state index contributed by atoms with van der Waals surface area (Å²) in [6, 6.07) is 1.69. The van der Waals surface area contributed by atoms with Gasteiger partial charge in [-0.1, -0.05) is 0 Å². The molecule has 11 heteroatoms. The highest BCUT2D eigenvalue weighted by atomic mass is 127. The van der Waals surface area contributed by atoms with Crippen LogP contribution in [0.15, 0.2) is 17.1 Å². The molecule has 2 rings (SSSR count). The van der Waals surface area contributed by atoms with Crippen LogP contribution in [0.2, 0.25) is 0 Å². The largest absolute Gasteiger partial charge is 0.354 e. The number of hydrogen-bond acceptors (Lipinski definition) is 3. The van der Waals surface area contributed by atoms with Gasteiger partial charge in [-0.15, -0.1) is 24.0 Å². The Kier molecular flexibility index (Phi) is 9.59. The third kappa shape index (κ3) is 6.34. The molecule has 0 saturated carbocycles. The summed E-state index contributed by atoms with van der Waals surface area (Å²) in [6.45, 7) is 5.67. The predicted molar refractivity (Wildman–Crippen MR) is 121 cm³/mol. The van der Waals surface area contributed by atoms with Gasteiger partial charge in [-0.05, 0) is 44.9 Å². The van der Waals surface area contributed by atoms with Crippen LogP contribution in [-0.4, -0.2) is 41.3 Å². The number of benzene rings is 1. The minimum absolute atomic E-state index is 0. The zero-order chi connectivity index (χ0) is 21.7. The summed E-state index contributed by atoms with van der Waals surface area (Å²) in [5.41, 5.74) is 2.73. The van der Waals surface area contributed by atoms with Gasteiger partial charge in [0.05, 0.1) is 17.9 Å². The average Bonchev–Trinajstić information content (AvgIpc) is 2.91. The molecule has 1 aromatic carbocycles. The first-order valence-corrected chi connectivity index (χ1v) is 9.03. The Hall–Kier alpha value is -2.31. The second-order valence-electron chi connectivity index (χ2n) is 6.72. The fourth-order valence-corrected chi connectivity index (χ4v) is 2.88. The van der Waals surface area contributed by atoms with Crippen molar-refractivity contribution in [3.05, 3.63) is 46.5 Å². The van der Waals surface area contributed by atoms with Crippen molar-refractivity contribution in [1.29, 1.82) is 0 Å². The van der Waals surface area contributed by atoms with Gasteiger partial charge in [-0.3, -0.25) is 14.5 Å². The molecule has 1 heterocycles. The molecule has 0 aliphatic rings. The van der Waals surface area contributed by atoms with E-state index in [2.05, 4.69) is 26.0 Å². The number of rotatable bonds is 6. The van der Waals surface area contributed by atoms with E-state index in [1.54, 1.807) is 7.05 Å². The van der Waals surface area contributed by atoms with Gasteiger partial charge >= 0.3 is 0 Å². The second-order valence-corrected chi connectivity index (χ2v) is 6.72. The lowest BCUT2D eigenvalue weighted by Crippen LogP contribution is -2.45.